The van der Waals surface area contributed by atoms with Crippen LogP contribution in [0.4, 0.5) is 0 Å². The zero-order valence-corrected chi connectivity index (χ0v) is 15.4. The molecule has 0 aromatic carbocycles. The summed E-state index contributed by atoms with van der Waals surface area (Å²) in [4.78, 5) is 32.0. The summed E-state index contributed by atoms with van der Waals surface area (Å²) in [5.41, 5.74) is 0.491. The predicted molar refractivity (Wildman–Crippen MR) is 96.5 cm³/mol. The first-order valence-corrected chi connectivity index (χ1v) is 9.50. The lowest BCUT2D eigenvalue weighted by Crippen LogP contribution is -2.43. The number of hydrogen-bond donors (Lipinski definition) is 1. The van der Waals surface area contributed by atoms with E-state index >= 15 is 0 Å². The molecule has 1 fully saturated rings. The van der Waals surface area contributed by atoms with Crippen LogP contribution in [0.5, 0.6) is 0 Å². The number of nitrogens with zero attached hydrogens (tertiary/aromatic N) is 2. The number of rotatable bonds is 5. The molecule has 2 aromatic heterocycles. The Bertz CT molecular complexity index is 731. The molecule has 0 bridgehead atoms. The molecule has 7 heteroatoms. The highest BCUT2D eigenvalue weighted by Gasteiger charge is 2.29. The highest BCUT2D eigenvalue weighted by Crippen LogP contribution is 2.29. The van der Waals surface area contributed by atoms with Gasteiger partial charge in [0, 0.05) is 30.4 Å². The van der Waals surface area contributed by atoms with Crippen molar-refractivity contribution >= 4 is 23.2 Å². The van der Waals surface area contributed by atoms with Crippen molar-refractivity contribution in [2.24, 2.45) is 5.92 Å². The minimum absolute atomic E-state index is 0.00538. The summed E-state index contributed by atoms with van der Waals surface area (Å²) in [6.45, 7) is 5.84. The smallest absolute Gasteiger partial charge is 0.273 e. The van der Waals surface area contributed by atoms with E-state index in [0.29, 0.717) is 43.9 Å². The van der Waals surface area contributed by atoms with Gasteiger partial charge in [-0.05, 0) is 38.3 Å². The largest absolute Gasteiger partial charge is 0.462 e. The van der Waals surface area contributed by atoms with Crippen LogP contribution in [-0.4, -0.2) is 41.3 Å². The molecule has 1 N–H and O–H groups in total. The van der Waals surface area contributed by atoms with E-state index in [4.69, 9.17) is 4.42 Å². The van der Waals surface area contributed by atoms with E-state index in [0.717, 1.165) is 16.3 Å². The zero-order valence-electron chi connectivity index (χ0n) is 14.6. The summed E-state index contributed by atoms with van der Waals surface area (Å²) in [5, 5.41) is 3.66. The predicted octanol–water partition coefficient (Wildman–Crippen LogP) is 3.09. The summed E-state index contributed by atoms with van der Waals surface area (Å²) in [6.07, 6.45) is 3.94. The quantitative estimate of drug-likeness (QED) is 0.888. The van der Waals surface area contributed by atoms with Crippen LogP contribution in [0, 0.1) is 12.8 Å². The summed E-state index contributed by atoms with van der Waals surface area (Å²) in [6, 6.07) is 3.65. The fourth-order valence-electron chi connectivity index (χ4n) is 2.99. The minimum atomic E-state index is -0.0565. The molecule has 0 unspecified atom stereocenters. The van der Waals surface area contributed by atoms with Crippen molar-refractivity contribution < 1.29 is 14.0 Å². The first kappa shape index (κ1) is 17.7. The molecule has 1 aliphatic rings. The Morgan fingerprint density at radius 3 is 2.80 bits per heavy atom. The fourth-order valence-corrected chi connectivity index (χ4v) is 3.86. The van der Waals surface area contributed by atoms with Gasteiger partial charge < -0.3 is 14.6 Å². The van der Waals surface area contributed by atoms with E-state index in [2.05, 4.69) is 10.3 Å². The first-order valence-electron chi connectivity index (χ1n) is 8.68. The van der Waals surface area contributed by atoms with Crippen molar-refractivity contribution in [3.63, 3.8) is 0 Å². The second kappa shape index (κ2) is 7.82. The van der Waals surface area contributed by atoms with Crippen molar-refractivity contribution in [2.45, 2.75) is 33.1 Å². The second-order valence-electron chi connectivity index (χ2n) is 6.26. The molecule has 0 radical (unpaired) electrons. The highest BCUT2D eigenvalue weighted by molar-refractivity contribution is 7.15. The van der Waals surface area contributed by atoms with Gasteiger partial charge in [0.1, 0.15) is 5.69 Å². The maximum atomic E-state index is 12.8. The number of furan rings is 1. The third-order valence-electron chi connectivity index (χ3n) is 4.43. The second-order valence-corrected chi connectivity index (χ2v) is 7.46. The molecule has 0 saturated carbocycles. The van der Waals surface area contributed by atoms with E-state index in [1.165, 1.54) is 11.3 Å². The highest BCUT2D eigenvalue weighted by atomic mass is 32.1. The maximum Gasteiger partial charge on any atom is 0.273 e. The SMILES string of the molecule is CCCNC(=O)C1CCN(C(=O)c2nc(-c3ccco3)sc2C)CC1. The van der Waals surface area contributed by atoms with Gasteiger partial charge >= 0.3 is 0 Å². The molecule has 6 nitrogen and oxygen atoms in total. The molecule has 0 spiro atoms. The van der Waals surface area contributed by atoms with Gasteiger partial charge in [-0.1, -0.05) is 6.92 Å². The van der Waals surface area contributed by atoms with Crippen molar-refractivity contribution in [1.29, 1.82) is 0 Å². The summed E-state index contributed by atoms with van der Waals surface area (Å²) >= 11 is 1.46. The number of thiazole rings is 1. The van der Waals surface area contributed by atoms with Gasteiger partial charge in [-0.15, -0.1) is 11.3 Å². The Morgan fingerprint density at radius 2 is 2.16 bits per heavy atom. The number of aromatic nitrogens is 1. The standard InChI is InChI=1S/C18H23N3O3S/c1-3-8-19-16(22)13-6-9-21(10-7-13)18(23)15-12(2)25-17(20-15)14-5-4-11-24-14/h4-5,11,13H,3,6-10H2,1-2H3,(H,19,22). The average molecular weight is 361 g/mol. The van der Waals surface area contributed by atoms with Crippen LogP contribution in [0.25, 0.3) is 10.8 Å². The van der Waals surface area contributed by atoms with Gasteiger partial charge in [-0.3, -0.25) is 9.59 Å². The zero-order chi connectivity index (χ0) is 17.8. The van der Waals surface area contributed by atoms with Crippen molar-refractivity contribution in [3.05, 3.63) is 29.0 Å². The Balaban J connectivity index is 1.62. The van der Waals surface area contributed by atoms with E-state index in [1.54, 1.807) is 11.2 Å². The van der Waals surface area contributed by atoms with Crippen LogP contribution in [-0.2, 0) is 4.79 Å². The summed E-state index contributed by atoms with van der Waals surface area (Å²) in [5.74, 6) is 0.738. The number of carbonyl (C=O) groups is 2. The fraction of sp³-hybridized carbons (Fsp3) is 0.500. The summed E-state index contributed by atoms with van der Waals surface area (Å²) < 4.78 is 5.36. The monoisotopic (exact) mass is 361 g/mol. The number of amides is 2. The van der Waals surface area contributed by atoms with Gasteiger partial charge in [0.05, 0.1) is 6.26 Å². The first-order chi connectivity index (χ1) is 12.1. The van der Waals surface area contributed by atoms with Crippen LogP contribution in [0.15, 0.2) is 22.8 Å². The molecule has 25 heavy (non-hydrogen) atoms. The molecule has 134 valence electrons. The molecule has 3 heterocycles. The molecule has 1 aliphatic heterocycles. The number of hydrogen-bond acceptors (Lipinski definition) is 5. The van der Waals surface area contributed by atoms with Crippen LogP contribution in [0.2, 0.25) is 0 Å². The Kier molecular flexibility index (Phi) is 5.53. The van der Waals surface area contributed by atoms with E-state index in [-0.39, 0.29) is 17.7 Å². The Morgan fingerprint density at radius 1 is 1.40 bits per heavy atom. The van der Waals surface area contributed by atoms with E-state index in [1.807, 2.05) is 26.0 Å². The van der Waals surface area contributed by atoms with Crippen LogP contribution < -0.4 is 5.32 Å². The third kappa shape index (κ3) is 3.92. The van der Waals surface area contributed by atoms with E-state index < -0.39 is 0 Å². The molecule has 1 saturated heterocycles. The number of likely N-dealkylation sites (tertiary alicyclic amines) is 1. The lowest BCUT2D eigenvalue weighted by molar-refractivity contribution is -0.126. The van der Waals surface area contributed by atoms with Crippen molar-refractivity contribution in [1.82, 2.24) is 15.2 Å². The topological polar surface area (TPSA) is 75.4 Å². The number of nitrogens with one attached hydrogen (secondary N) is 1. The lowest BCUT2D eigenvalue weighted by atomic mass is 9.95. The molecule has 0 aliphatic carbocycles. The lowest BCUT2D eigenvalue weighted by Gasteiger charge is -2.31. The molecular weight excluding hydrogens is 338 g/mol. The Hall–Kier alpha value is -2.15. The van der Waals surface area contributed by atoms with E-state index in [9.17, 15) is 9.59 Å². The van der Waals surface area contributed by atoms with Gasteiger partial charge in [0.2, 0.25) is 5.91 Å². The number of carbonyl (C=O) groups excluding carboxylic acids is 2. The molecular formula is C18H23N3O3S. The average Bonchev–Trinajstić information content (AvgIpc) is 3.28. The minimum Gasteiger partial charge on any atom is -0.462 e. The normalized spacial score (nSPS) is 15.4. The van der Waals surface area contributed by atoms with Crippen molar-refractivity contribution in [3.8, 4) is 10.8 Å². The Labute approximate surface area is 151 Å². The van der Waals surface area contributed by atoms with Crippen molar-refractivity contribution in [2.75, 3.05) is 19.6 Å². The maximum absolute atomic E-state index is 12.8. The van der Waals surface area contributed by atoms with Crippen LogP contribution in [0.3, 0.4) is 0 Å². The third-order valence-corrected chi connectivity index (χ3v) is 5.42. The molecule has 0 atom stereocenters. The van der Waals surface area contributed by atoms with Gasteiger partial charge in [0.15, 0.2) is 10.8 Å². The van der Waals surface area contributed by atoms with Gasteiger partial charge in [0.25, 0.3) is 5.91 Å². The number of aryl methyl sites for hydroxylation is 1. The summed E-state index contributed by atoms with van der Waals surface area (Å²) in [7, 11) is 0. The van der Waals surface area contributed by atoms with Crippen LogP contribution in [0.1, 0.15) is 41.6 Å². The molecule has 2 aromatic rings. The van der Waals surface area contributed by atoms with Crippen LogP contribution >= 0.6 is 11.3 Å². The molecule has 3 rings (SSSR count). The number of piperidine rings is 1. The molecule has 2 amide bonds. The van der Waals surface area contributed by atoms with Gasteiger partial charge in [-0.25, -0.2) is 4.98 Å². The van der Waals surface area contributed by atoms with Gasteiger partial charge in [-0.2, -0.15) is 0 Å².